The van der Waals surface area contributed by atoms with E-state index in [4.69, 9.17) is 4.74 Å². The van der Waals surface area contributed by atoms with Gasteiger partial charge in [0.15, 0.2) is 5.72 Å². The third-order valence-corrected chi connectivity index (χ3v) is 5.25. The Morgan fingerprint density at radius 2 is 2.26 bits per heavy atom. The van der Waals surface area contributed by atoms with Crippen molar-refractivity contribution in [2.75, 3.05) is 20.0 Å². The quantitative estimate of drug-likeness (QED) is 0.431. The van der Waals surface area contributed by atoms with Crippen molar-refractivity contribution < 1.29 is 19.1 Å². The van der Waals surface area contributed by atoms with E-state index in [0.29, 0.717) is 6.42 Å². The molecule has 0 aromatic carbocycles. The van der Waals surface area contributed by atoms with E-state index in [0.717, 1.165) is 25.0 Å². The van der Waals surface area contributed by atoms with Gasteiger partial charge < -0.3 is 20.1 Å². The third-order valence-electron chi connectivity index (χ3n) is 3.74. The summed E-state index contributed by atoms with van der Waals surface area (Å²) in [4.78, 5) is 22.5. The summed E-state index contributed by atoms with van der Waals surface area (Å²) in [6.07, 6.45) is 3.08. The Hall–Kier alpha value is -0.950. The number of carbonyl (C=O) groups excluding carboxylic acids is 2. The van der Waals surface area contributed by atoms with Gasteiger partial charge in [0.25, 0.3) is 0 Å². The number of thioether (sulfide) groups is 1. The molecule has 6 nitrogen and oxygen atoms in total. The van der Waals surface area contributed by atoms with Crippen LogP contribution >= 0.6 is 11.8 Å². The standard InChI is InChI=1S/C12H20N2O4S/c1-17-10(15)6-4-3-5-9-12(18-2)8(7-19-9)13-11(16)14-12/h8-9H,3-7H2,1-2H3,(H2,13,14,16). The van der Waals surface area contributed by atoms with Crippen molar-refractivity contribution in [2.45, 2.75) is 42.7 Å². The van der Waals surface area contributed by atoms with E-state index >= 15 is 0 Å². The van der Waals surface area contributed by atoms with E-state index in [2.05, 4.69) is 15.4 Å². The summed E-state index contributed by atoms with van der Waals surface area (Å²) in [6.45, 7) is 0. The molecule has 108 valence electrons. The molecule has 0 bridgehead atoms. The van der Waals surface area contributed by atoms with Gasteiger partial charge in [0.2, 0.25) is 0 Å². The largest absolute Gasteiger partial charge is 0.469 e. The number of carbonyl (C=O) groups is 2. The zero-order chi connectivity index (χ0) is 13.9. The first-order valence-corrected chi connectivity index (χ1v) is 7.49. The van der Waals surface area contributed by atoms with Crippen molar-refractivity contribution in [3.05, 3.63) is 0 Å². The Bertz CT molecular complexity index is 366. The molecule has 2 heterocycles. The Morgan fingerprint density at radius 1 is 1.47 bits per heavy atom. The number of fused-ring (bicyclic) bond motifs is 1. The van der Waals surface area contributed by atoms with Gasteiger partial charge in [-0.25, -0.2) is 4.79 Å². The Kier molecular flexibility index (Phi) is 4.57. The maximum Gasteiger partial charge on any atom is 0.317 e. The second-order valence-electron chi connectivity index (χ2n) is 4.79. The lowest BCUT2D eigenvalue weighted by Gasteiger charge is -2.32. The molecule has 2 amide bonds. The molecule has 0 aromatic heterocycles. The molecule has 0 saturated carbocycles. The lowest BCUT2D eigenvalue weighted by molar-refractivity contribution is -0.140. The Balaban J connectivity index is 1.83. The number of hydrogen-bond donors (Lipinski definition) is 2. The SMILES string of the molecule is COC(=O)CCCCC1SCC2NC(=O)NC21OC. The highest BCUT2D eigenvalue weighted by atomic mass is 32.2. The lowest BCUT2D eigenvalue weighted by atomic mass is 9.98. The summed E-state index contributed by atoms with van der Waals surface area (Å²) in [7, 11) is 3.03. The van der Waals surface area contributed by atoms with Crippen LogP contribution in [0.5, 0.6) is 0 Å². The first-order chi connectivity index (χ1) is 9.12. The van der Waals surface area contributed by atoms with Gasteiger partial charge in [0, 0.05) is 19.3 Å². The van der Waals surface area contributed by atoms with E-state index in [9.17, 15) is 9.59 Å². The number of amides is 2. The van der Waals surface area contributed by atoms with Crippen LogP contribution in [-0.4, -0.2) is 49.0 Å². The fourth-order valence-corrected chi connectivity index (χ4v) is 4.35. The summed E-state index contributed by atoms with van der Waals surface area (Å²) in [6, 6.07) is -0.132. The summed E-state index contributed by atoms with van der Waals surface area (Å²) in [5.74, 6) is 0.683. The van der Waals surface area contributed by atoms with Crippen LogP contribution in [0, 0.1) is 0 Å². The van der Waals surface area contributed by atoms with Crippen LogP contribution in [0.1, 0.15) is 25.7 Å². The molecule has 2 N–H and O–H groups in total. The number of methoxy groups -OCH3 is 2. The molecule has 3 atom stereocenters. The van der Waals surface area contributed by atoms with Gasteiger partial charge in [0.05, 0.1) is 18.4 Å². The minimum Gasteiger partial charge on any atom is -0.469 e. The van der Waals surface area contributed by atoms with Crippen LogP contribution in [0.3, 0.4) is 0 Å². The zero-order valence-electron chi connectivity index (χ0n) is 11.2. The topological polar surface area (TPSA) is 76.7 Å². The summed E-state index contributed by atoms with van der Waals surface area (Å²) in [5.41, 5.74) is -0.590. The van der Waals surface area contributed by atoms with Gasteiger partial charge in [-0.15, -0.1) is 0 Å². The normalized spacial score (nSPS) is 32.6. The smallest absolute Gasteiger partial charge is 0.317 e. The van der Waals surface area contributed by atoms with Crippen molar-refractivity contribution in [3.63, 3.8) is 0 Å². The molecular weight excluding hydrogens is 268 g/mol. The van der Waals surface area contributed by atoms with Crippen LogP contribution < -0.4 is 10.6 Å². The molecule has 2 fully saturated rings. The average Bonchev–Trinajstić information content (AvgIpc) is 2.89. The highest BCUT2D eigenvalue weighted by Crippen LogP contribution is 2.41. The van der Waals surface area contributed by atoms with Gasteiger partial charge >= 0.3 is 12.0 Å². The minimum atomic E-state index is -0.590. The number of hydrogen-bond acceptors (Lipinski definition) is 5. The van der Waals surface area contributed by atoms with Crippen molar-refractivity contribution in [3.8, 4) is 0 Å². The van der Waals surface area contributed by atoms with Crippen LogP contribution in [0.15, 0.2) is 0 Å². The van der Waals surface area contributed by atoms with E-state index in [1.165, 1.54) is 7.11 Å². The molecule has 2 saturated heterocycles. The van der Waals surface area contributed by atoms with Crippen LogP contribution in [0.2, 0.25) is 0 Å². The Morgan fingerprint density at radius 3 is 2.95 bits per heavy atom. The van der Waals surface area contributed by atoms with Crippen LogP contribution in [0.25, 0.3) is 0 Å². The monoisotopic (exact) mass is 288 g/mol. The van der Waals surface area contributed by atoms with E-state index in [1.807, 2.05) is 0 Å². The predicted molar refractivity (Wildman–Crippen MR) is 71.9 cm³/mol. The lowest BCUT2D eigenvalue weighted by Crippen LogP contribution is -2.55. The summed E-state index contributed by atoms with van der Waals surface area (Å²) in [5, 5.41) is 6.01. The molecule has 3 unspecified atom stereocenters. The van der Waals surface area contributed by atoms with Crippen molar-refractivity contribution in [1.29, 1.82) is 0 Å². The number of rotatable bonds is 6. The van der Waals surface area contributed by atoms with Crippen LogP contribution in [0.4, 0.5) is 4.79 Å². The molecule has 19 heavy (non-hydrogen) atoms. The number of nitrogens with one attached hydrogen (secondary N) is 2. The van der Waals surface area contributed by atoms with E-state index < -0.39 is 5.72 Å². The Labute approximate surface area is 117 Å². The fraction of sp³-hybridized carbons (Fsp3) is 0.833. The minimum absolute atomic E-state index is 0.0283. The first-order valence-electron chi connectivity index (χ1n) is 6.44. The zero-order valence-corrected chi connectivity index (χ0v) is 12.0. The third kappa shape index (κ3) is 2.81. The van der Waals surface area contributed by atoms with Crippen LogP contribution in [-0.2, 0) is 14.3 Å². The van der Waals surface area contributed by atoms with Crippen molar-refractivity contribution in [2.24, 2.45) is 0 Å². The molecule has 2 aliphatic rings. The highest BCUT2D eigenvalue weighted by molar-refractivity contribution is 8.00. The molecule has 2 aliphatic heterocycles. The van der Waals surface area contributed by atoms with Gasteiger partial charge in [-0.3, -0.25) is 4.79 Å². The summed E-state index contributed by atoms with van der Waals surface area (Å²) >= 11 is 1.81. The number of unbranched alkanes of at least 4 members (excludes halogenated alkanes) is 1. The maximum atomic E-state index is 11.5. The van der Waals surface area contributed by atoms with Crippen molar-refractivity contribution >= 4 is 23.8 Å². The van der Waals surface area contributed by atoms with E-state index in [1.54, 1.807) is 18.9 Å². The maximum absolute atomic E-state index is 11.5. The number of urea groups is 1. The van der Waals surface area contributed by atoms with Crippen molar-refractivity contribution in [1.82, 2.24) is 10.6 Å². The summed E-state index contributed by atoms with van der Waals surface area (Å²) < 4.78 is 10.2. The predicted octanol–water partition coefficient (Wildman–Crippen LogP) is 0.859. The molecule has 0 radical (unpaired) electrons. The first kappa shape index (κ1) is 14.5. The second-order valence-corrected chi connectivity index (χ2v) is 6.03. The number of ether oxygens (including phenoxy) is 2. The van der Waals surface area contributed by atoms with Gasteiger partial charge in [-0.05, 0) is 12.8 Å². The molecule has 0 aromatic rings. The fourth-order valence-electron chi connectivity index (χ4n) is 2.70. The molecular formula is C12H20N2O4S. The second kappa shape index (κ2) is 6.00. The molecule has 0 aliphatic carbocycles. The number of esters is 1. The highest BCUT2D eigenvalue weighted by Gasteiger charge is 2.56. The van der Waals surface area contributed by atoms with Gasteiger partial charge in [-0.2, -0.15) is 11.8 Å². The molecule has 0 spiro atoms. The molecule has 7 heteroatoms. The molecule has 2 rings (SSSR count). The van der Waals surface area contributed by atoms with Gasteiger partial charge in [-0.1, -0.05) is 6.42 Å². The van der Waals surface area contributed by atoms with E-state index in [-0.39, 0.29) is 23.3 Å². The average molecular weight is 288 g/mol. The van der Waals surface area contributed by atoms with Gasteiger partial charge in [0.1, 0.15) is 0 Å².